The van der Waals surface area contributed by atoms with Crippen molar-refractivity contribution in [2.75, 3.05) is 38.5 Å². The number of hydrogen-bond acceptors (Lipinski definition) is 3. The molecule has 1 N–H and O–H groups in total. The molecule has 5 heteroatoms. The van der Waals surface area contributed by atoms with Crippen LogP contribution in [0.15, 0.2) is 65.6 Å². The molecular weight excluding hydrogens is 346 g/mol. The van der Waals surface area contributed by atoms with Crippen molar-refractivity contribution in [3.8, 4) is 0 Å². The van der Waals surface area contributed by atoms with Crippen LogP contribution < -0.4 is 5.32 Å². The van der Waals surface area contributed by atoms with E-state index in [-0.39, 0.29) is 0 Å². The van der Waals surface area contributed by atoms with E-state index in [0.717, 1.165) is 50.1 Å². The minimum absolute atomic E-state index is 0.896. The Hall–Kier alpha value is -1.56. The highest BCUT2D eigenvalue weighted by atomic mass is 32.2. The molecule has 0 amide bonds. The average Bonchev–Trinajstić information content (AvgIpc) is 2.67. The number of nitrogens with one attached hydrogen (secondary N) is 1. The summed E-state index contributed by atoms with van der Waals surface area (Å²) in [4.78, 5) is 6.11. The topological polar surface area (TPSA) is 18.5 Å². The van der Waals surface area contributed by atoms with Gasteiger partial charge in [-0.1, -0.05) is 48.5 Å². The fraction of sp³-hybridized carbons (Fsp3) is 0.350. The SMILES string of the molecule is S=C(NCCSc1ccccc1)N1CCN(Cc2ccccc2)CC1. The van der Waals surface area contributed by atoms with Crippen LogP contribution in [0.4, 0.5) is 0 Å². The molecule has 1 saturated heterocycles. The van der Waals surface area contributed by atoms with Crippen LogP contribution in [0.25, 0.3) is 0 Å². The van der Waals surface area contributed by atoms with Gasteiger partial charge in [0.05, 0.1) is 0 Å². The van der Waals surface area contributed by atoms with Gasteiger partial charge in [-0.15, -0.1) is 11.8 Å². The second kappa shape index (κ2) is 9.80. The number of piperazine rings is 1. The van der Waals surface area contributed by atoms with Gasteiger partial charge in [-0.3, -0.25) is 4.90 Å². The molecule has 25 heavy (non-hydrogen) atoms. The first kappa shape index (κ1) is 18.2. The molecule has 0 radical (unpaired) electrons. The number of thioether (sulfide) groups is 1. The summed E-state index contributed by atoms with van der Waals surface area (Å²) < 4.78 is 0. The fourth-order valence-electron chi connectivity index (χ4n) is 2.91. The highest BCUT2D eigenvalue weighted by molar-refractivity contribution is 7.99. The van der Waals surface area contributed by atoms with Crippen molar-refractivity contribution in [1.82, 2.24) is 15.1 Å². The molecule has 2 aromatic rings. The summed E-state index contributed by atoms with van der Waals surface area (Å²) in [7, 11) is 0. The van der Waals surface area contributed by atoms with Crippen molar-refractivity contribution in [2.24, 2.45) is 0 Å². The van der Waals surface area contributed by atoms with E-state index in [1.54, 1.807) is 0 Å². The number of hydrogen-bond donors (Lipinski definition) is 1. The lowest BCUT2D eigenvalue weighted by molar-refractivity contribution is 0.174. The third-order valence-electron chi connectivity index (χ3n) is 4.30. The smallest absolute Gasteiger partial charge is 0.169 e. The van der Waals surface area contributed by atoms with Crippen LogP contribution in [-0.4, -0.2) is 53.4 Å². The highest BCUT2D eigenvalue weighted by Crippen LogP contribution is 2.15. The molecule has 0 aliphatic carbocycles. The molecule has 0 bridgehead atoms. The number of rotatable bonds is 6. The summed E-state index contributed by atoms with van der Waals surface area (Å²) in [6.07, 6.45) is 0. The van der Waals surface area contributed by atoms with Gasteiger partial charge in [-0.25, -0.2) is 0 Å². The summed E-state index contributed by atoms with van der Waals surface area (Å²) in [6.45, 7) is 6.07. The maximum Gasteiger partial charge on any atom is 0.169 e. The lowest BCUT2D eigenvalue weighted by Gasteiger charge is -2.36. The zero-order chi connectivity index (χ0) is 17.3. The third kappa shape index (κ3) is 6.03. The van der Waals surface area contributed by atoms with Gasteiger partial charge in [0, 0.05) is 49.9 Å². The zero-order valence-electron chi connectivity index (χ0n) is 14.4. The first-order chi connectivity index (χ1) is 12.3. The predicted molar refractivity (Wildman–Crippen MR) is 111 cm³/mol. The molecule has 0 saturated carbocycles. The molecular formula is C20H25N3S2. The molecule has 0 spiro atoms. The van der Waals surface area contributed by atoms with Crippen molar-refractivity contribution in [1.29, 1.82) is 0 Å². The van der Waals surface area contributed by atoms with Crippen molar-refractivity contribution in [3.05, 3.63) is 66.2 Å². The summed E-state index contributed by atoms with van der Waals surface area (Å²) in [5, 5.41) is 4.30. The molecule has 1 aliphatic rings. The van der Waals surface area contributed by atoms with Gasteiger partial charge in [-0.05, 0) is 29.9 Å². The van der Waals surface area contributed by atoms with E-state index in [4.69, 9.17) is 12.2 Å². The van der Waals surface area contributed by atoms with Crippen LogP contribution in [0.1, 0.15) is 5.56 Å². The molecule has 0 unspecified atom stereocenters. The van der Waals surface area contributed by atoms with Crippen molar-refractivity contribution >= 4 is 29.1 Å². The van der Waals surface area contributed by atoms with Gasteiger partial charge < -0.3 is 10.2 Å². The second-order valence-corrected chi connectivity index (χ2v) is 7.70. The maximum atomic E-state index is 5.56. The monoisotopic (exact) mass is 371 g/mol. The number of benzene rings is 2. The predicted octanol–water partition coefficient (Wildman–Crippen LogP) is 3.47. The first-order valence-electron chi connectivity index (χ1n) is 8.78. The fourth-order valence-corrected chi connectivity index (χ4v) is 3.98. The Morgan fingerprint density at radius 1 is 0.920 bits per heavy atom. The van der Waals surface area contributed by atoms with Gasteiger partial charge in [0.1, 0.15) is 0 Å². The molecule has 1 heterocycles. The van der Waals surface area contributed by atoms with Gasteiger partial charge in [0.15, 0.2) is 5.11 Å². The summed E-state index contributed by atoms with van der Waals surface area (Å²) in [5.41, 5.74) is 1.38. The number of nitrogens with zero attached hydrogens (tertiary/aromatic N) is 2. The van der Waals surface area contributed by atoms with E-state index >= 15 is 0 Å². The Morgan fingerprint density at radius 3 is 2.24 bits per heavy atom. The van der Waals surface area contributed by atoms with Crippen LogP contribution in [-0.2, 0) is 6.54 Å². The van der Waals surface area contributed by atoms with E-state index in [0.29, 0.717) is 0 Å². The Bertz CT molecular complexity index is 641. The molecule has 1 aliphatic heterocycles. The van der Waals surface area contributed by atoms with Crippen molar-refractivity contribution in [2.45, 2.75) is 11.4 Å². The van der Waals surface area contributed by atoms with Gasteiger partial charge in [0.25, 0.3) is 0 Å². The zero-order valence-corrected chi connectivity index (χ0v) is 16.1. The molecule has 132 valence electrons. The Kier molecular flexibility index (Phi) is 7.15. The van der Waals surface area contributed by atoms with Crippen LogP contribution in [0.5, 0.6) is 0 Å². The van der Waals surface area contributed by atoms with Crippen LogP contribution in [0.2, 0.25) is 0 Å². The minimum Gasteiger partial charge on any atom is -0.362 e. The van der Waals surface area contributed by atoms with Gasteiger partial charge in [-0.2, -0.15) is 0 Å². The molecule has 3 rings (SSSR count). The summed E-state index contributed by atoms with van der Waals surface area (Å²) in [5.74, 6) is 1.03. The van der Waals surface area contributed by atoms with Crippen molar-refractivity contribution in [3.63, 3.8) is 0 Å². The van der Waals surface area contributed by atoms with E-state index in [1.807, 2.05) is 11.8 Å². The quantitative estimate of drug-likeness (QED) is 0.475. The molecule has 0 atom stereocenters. The number of thiocarbonyl (C=S) groups is 1. The van der Waals surface area contributed by atoms with Gasteiger partial charge in [0.2, 0.25) is 0 Å². The molecule has 1 fully saturated rings. The van der Waals surface area contributed by atoms with Crippen LogP contribution in [0, 0.1) is 0 Å². The Morgan fingerprint density at radius 2 is 1.56 bits per heavy atom. The van der Waals surface area contributed by atoms with E-state index in [9.17, 15) is 0 Å². The minimum atomic E-state index is 0.896. The van der Waals surface area contributed by atoms with Crippen LogP contribution in [0.3, 0.4) is 0 Å². The summed E-state index contributed by atoms with van der Waals surface area (Å²) >= 11 is 7.42. The van der Waals surface area contributed by atoms with E-state index in [1.165, 1.54) is 10.5 Å². The molecule has 0 aromatic heterocycles. The third-order valence-corrected chi connectivity index (χ3v) is 5.72. The second-order valence-electron chi connectivity index (χ2n) is 6.14. The lowest BCUT2D eigenvalue weighted by atomic mass is 10.2. The van der Waals surface area contributed by atoms with Crippen LogP contribution >= 0.6 is 24.0 Å². The normalized spacial score (nSPS) is 15.1. The lowest BCUT2D eigenvalue weighted by Crippen LogP contribution is -2.51. The Labute approximate surface area is 160 Å². The maximum absolute atomic E-state index is 5.56. The average molecular weight is 372 g/mol. The van der Waals surface area contributed by atoms with Gasteiger partial charge >= 0.3 is 0 Å². The Balaban J connectivity index is 1.33. The largest absolute Gasteiger partial charge is 0.362 e. The molecule has 2 aromatic carbocycles. The standard InChI is InChI=1S/C20H25N3S2/c24-20(21-11-16-25-19-9-5-2-6-10-19)23-14-12-22(13-15-23)17-18-7-3-1-4-8-18/h1-10H,11-17H2,(H,21,24). The van der Waals surface area contributed by atoms with Crippen molar-refractivity contribution < 1.29 is 0 Å². The van der Waals surface area contributed by atoms with E-state index < -0.39 is 0 Å². The first-order valence-corrected chi connectivity index (χ1v) is 10.2. The molecule has 3 nitrogen and oxygen atoms in total. The van der Waals surface area contributed by atoms with E-state index in [2.05, 4.69) is 75.8 Å². The summed E-state index contributed by atoms with van der Waals surface area (Å²) in [6, 6.07) is 21.2. The highest BCUT2D eigenvalue weighted by Gasteiger charge is 2.18.